The molecule has 0 spiro atoms. The van der Waals surface area contributed by atoms with E-state index < -0.39 is 48.5 Å². The first-order valence-electron chi connectivity index (χ1n) is 10.2. The molecule has 3 rings (SSSR count). The first-order chi connectivity index (χ1) is 16.1. The Hall–Kier alpha value is -2.63. The van der Waals surface area contributed by atoms with E-state index in [0.29, 0.717) is 6.54 Å². The normalized spacial score (nSPS) is 16.6. The number of benzene rings is 2. The number of hydrogen-bond donors (Lipinski definition) is 1. The summed E-state index contributed by atoms with van der Waals surface area (Å²) in [4.78, 5) is 12.5. The number of ether oxygens (including phenoxy) is 3. The second-order valence-corrected chi connectivity index (χ2v) is 7.90. The monoisotopic (exact) mass is 509 g/mol. The number of nitrogens with zero attached hydrogens (tertiary/aromatic N) is 1. The molecule has 12 heteroatoms. The van der Waals surface area contributed by atoms with Crippen LogP contribution >= 0.6 is 11.6 Å². The lowest BCUT2D eigenvalue weighted by Crippen LogP contribution is -2.40. The minimum atomic E-state index is -3.17. The molecule has 0 aromatic heterocycles. The highest BCUT2D eigenvalue weighted by molar-refractivity contribution is 6.31. The predicted molar refractivity (Wildman–Crippen MR) is 111 cm³/mol. The van der Waals surface area contributed by atoms with Gasteiger partial charge in [0.25, 0.3) is 0 Å². The van der Waals surface area contributed by atoms with E-state index in [1.54, 1.807) is 4.90 Å². The van der Waals surface area contributed by atoms with Crippen LogP contribution in [0.1, 0.15) is 29.2 Å². The van der Waals surface area contributed by atoms with Gasteiger partial charge in [0, 0.05) is 25.2 Å². The maximum absolute atomic E-state index is 15.1. The molecule has 1 N–H and O–H groups in total. The van der Waals surface area contributed by atoms with Gasteiger partial charge in [0.15, 0.2) is 17.4 Å². The van der Waals surface area contributed by atoms with E-state index in [9.17, 15) is 18.0 Å². The SMILES string of the molecule is Cc1c(F)c(OCc2c(Cl)cccc2OC(F)F)c(F)c(F)c1C1CN(CCC(=O)O)CCO1. The molecule has 2 aromatic rings. The van der Waals surface area contributed by atoms with Crippen molar-refractivity contribution in [2.24, 2.45) is 0 Å². The third kappa shape index (κ3) is 5.89. The van der Waals surface area contributed by atoms with Gasteiger partial charge in [-0.05, 0) is 24.6 Å². The maximum Gasteiger partial charge on any atom is 0.387 e. The maximum atomic E-state index is 15.1. The van der Waals surface area contributed by atoms with E-state index >= 15 is 8.78 Å². The van der Waals surface area contributed by atoms with Crippen molar-refractivity contribution in [1.29, 1.82) is 0 Å². The van der Waals surface area contributed by atoms with Crippen LogP contribution in [0.15, 0.2) is 18.2 Å². The summed E-state index contributed by atoms with van der Waals surface area (Å²) in [6.45, 7) is -1.91. The topological polar surface area (TPSA) is 68.2 Å². The Bertz CT molecular complexity index is 1030. The number of morpholine rings is 1. The van der Waals surface area contributed by atoms with Crippen LogP contribution in [0, 0.1) is 24.4 Å². The molecule has 1 aliphatic rings. The highest BCUT2D eigenvalue weighted by Gasteiger charge is 2.32. The van der Waals surface area contributed by atoms with Crippen molar-refractivity contribution < 1.29 is 46.1 Å². The Morgan fingerprint density at radius 1 is 1.26 bits per heavy atom. The number of halogens is 6. The van der Waals surface area contributed by atoms with E-state index in [-0.39, 0.29) is 53.6 Å². The molecular weight excluding hydrogens is 489 g/mol. The van der Waals surface area contributed by atoms with Crippen LogP contribution in [0.4, 0.5) is 22.0 Å². The van der Waals surface area contributed by atoms with Crippen molar-refractivity contribution in [3.63, 3.8) is 0 Å². The zero-order valence-electron chi connectivity index (χ0n) is 17.9. The first-order valence-corrected chi connectivity index (χ1v) is 10.6. The second kappa shape index (κ2) is 11.2. The molecule has 0 bridgehead atoms. The van der Waals surface area contributed by atoms with E-state index in [2.05, 4.69) is 4.74 Å². The van der Waals surface area contributed by atoms with Crippen LogP contribution in [-0.2, 0) is 16.1 Å². The van der Waals surface area contributed by atoms with Gasteiger partial charge in [0.05, 0.1) is 29.7 Å². The first kappa shape index (κ1) is 26.0. The van der Waals surface area contributed by atoms with Gasteiger partial charge in [-0.15, -0.1) is 0 Å². The summed E-state index contributed by atoms with van der Waals surface area (Å²) in [6.07, 6.45) is -1.18. The standard InChI is InChI=1S/C22H21ClF5NO5/c1-11-17(15-9-29(7-8-32-15)6-5-16(30)31)19(25)20(26)21(18(11)24)33-10-12-13(23)3-2-4-14(12)34-22(27)28/h2-4,15,22H,5-10H2,1H3,(H,30,31). The van der Waals surface area contributed by atoms with Crippen LogP contribution in [0.3, 0.4) is 0 Å². The zero-order valence-corrected chi connectivity index (χ0v) is 18.7. The lowest BCUT2D eigenvalue weighted by atomic mass is 9.99. The lowest BCUT2D eigenvalue weighted by Gasteiger charge is -2.33. The number of carboxylic acids is 1. The number of aliphatic carboxylic acids is 1. The smallest absolute Gasteiger partial charge is 0.387 e. The summed E-state index contributed by atoms with van der Waals surface area (Å²) in [5.74, 6) is -6.60. The molecule has 0 aliphatic carbocycles. The van der Waals surface area contributed by atoms with Gasteiger partial charge in [-0.1, -0.05) is 17.7 Å². The molecule has 0 amide bonds. The molecule has 1 saturated heterocycles. The van der Waals surface area contributed by atoms with Crippen molar-refractivity contribution in [1.82, 2.24) is 4.90 Å². The lowest BCUT2D eigenvalue weighted by molar-refractivity contribution is -0.137. The molecule has 1 aliphatic heterocycles. The molecule has 34 heavy (non-hydrogen) atoms. The Labute approximate surface area is 196 Å². The third-order valence-electron chi connectivity index (χ3n) is 5.33. The number of carboxylic acid groups (broad SMARTS) is 1. The fourth-order valence-electron chi connectivity index (χ4n) is 3.64. The number of hydrogen-bond acceptors (Lipinski definition) is 5. The van der Waals surface area contributed by atoms with E-state index in [0.717, 1.165) is 0 Å². The minimum Gasteiger partial charge on any atom is -0.483 e. The van der Waals surface area contributed by atoms with Gasteiger partial charge in [-0.3, -0.25) is 9.69 Å². The van der Waals surface area contributed by atoms with E-state index in [1.165, 1.54) is 25.1 Å². The number of rotatable bonds is 9. The van der Waals surface area contributed by atoms with Crippen molar-refractivity contribution in [3.05, 3.63) is 57.4 Å². The van der Waals surface area contributed by atoms with Gasteiger partial charge in [0.2, 0.25) is 5.82 Å². The van der Waals surface area contributed by atoms with Crippen LogP contribution < -0.4 is 9.47 Å². The van der Waals surface area contributed by atoms with Crippen molar-refractivity contribution in [3.8, 4) is 11.5 Å². The molecular formula is C22H21ClF5NO5. The number of carbonyl (C=O) groups is 1. The fourth-order valence-corrected chi connectivity index (χ4v) is 3.86. The summed E-state index contributed by atoms with van der Waals surface area (Å²) < 4.78 is 85.2. The number of alkyl halides is 2. The van der Waals surface area contributed by atoms with Gasteiger partial charge in [-0.25, -0.2) is 8.78 Å². The van der Waals surface area contributed by atoms with Gasteiger partial charge in [-0.2, -0.15) is 13.2 Å². The molecule has 0 saturated carbocycles. The molecule has 1 heterocycles. The van der Waals surface area contributed by atoms with Crippen LogP contribution in [-0.4, -0.2) is 48.8 Å². The second-order valence-electron chi connectivity index (χ2n) is 7.50. The molecule has 6 nitrogen and oxygen atoms in total. The Morgan fingerprint density at radius 2 is 2.00 bits per heavy atom. The van der Waals surface area contributed by atoms with Crippen molar-refractivity contribution in [2.75, 3.05) is 26.2 Å². The third-order valence-corrected chi connectivity index (χ3v) is 5.68. The molecule has 186 valence electrons. The van der Waals surface area contributed by atoms with E-state index in [1.807, 2.05) is 0 Å². The fraction of sp³-hybridized carbons (Fsp3) is 0.409. The Balaban J connectivity index is 1.85. The summed E-state index contributed by atoms with van der Waals surface area (Å²) in [6, 6.07) is 3.86. The van der Waals surface area contributed by atoms with E-state index in [4.69, 9.17) is 26.2 Å². The highest BCUT2D eigenvalue weighted by Crippen LogP contribution is 2.37. The molecule has 1 atom stereocenters. The summed E-state index contributed by atoms with van der Waals surface area (Å²) in [5, 5.41) is 8.79. The minimum absolute atomic E-state index is 0.0398. The van der Waals surface area contributed by atoms with Crippen LogP contribution in [0.2, 0.25) is 5.02 Å². The van der Waals surface area contributed by atoms with Crippen LogP contribution in [0.5, 0.6) is 11.5 Å². The molecule has 1 unspecified atom stereocenters. The Kier molecular flexibility index (Phi) is 8.56. The summed E-state index contributed by atoms with van der Waals surface area (Å²) >= 11 is 5.98. The van der Waals surface area contributed by atoms with Gasteiger partial charge in [0.1, 0.15) is 12.4 Å². The van der Waals surface area contributed by atoms with Gasteiger partial charge < -0.3 is 19.3 Å². The predicted octanol–water partition coefficient (Wildman–Crippen LogP) is 5.09. The largest absolute Gasteiger partial charge is 0.483 e. The highest BCUT2D eigenvalue weighted by atomic mass is 35.5. The summed E-state index contributed by atoms with van der Waals surface area (Å²) in [5.41, 5.74) is -0.709. The molecule has 0 radical (unpaired) electrons. The average Bonchev–Trinajstić information content (AvgIpc) is 2.78. The molecule has 1 fully saturated rings. The Morgan fingerprint density at radius 3 is 2.68 bits per heavy atom. The summed E-state index contributed by atoms with van der Waals surface area (Å²) in [7, 11) is 0. The zero-order chi connectivity index (χ0) is 25.0. The van der Waals surface area contributed by atoms with Gasteiger partial charge >= 0.3 is 12.6 Å². The van der Waals surface area contributed by atoms with Crippen molar-refractivity contribution >= 4 is 17.6 Å². The van der Waals surface area contributed by atoms with Crippen molar-refractivity contribution in [2.45, 2.75) is 32.7 Å². The quantitative estimate of drug-likeness (QED) is 0.375. The van der Waals surface area contributed by atoms with Crippen LogP contribution in [0.25, 0.3) is 0 Å². The molecule has 2 aromatic carbocycles. The average molecular weight is 510 g/mol.